The Hall–Kier alpha value is -1.34. The molecule has 0 radical (unpaired) electrons. The molecule has 4 nitrogen and oxygen atoms in total. The lowest BCUT2D eigenvalue weighted by atomic mass is 9.82. The van der Waals surface area contributed by atoms with Crippen molar-refractivity contribution in [2.45, 2.75) is 97.5 Å². The van der Waals surface area contributed by atoms with E-state index in [1.807, 2.05) is 13.8 Å². The zero-order valence-electron chi connectivity index (χ0n) is 16.7. The predicted octanol–water partition coefficient (Wildman–Crippen LogP) is 4.59. The fourth-order valence-corrected chi connectivity index (χ4v) is 3.94. The molecule has 0 amide bonds. The second-order valence-corrected chi connectivity index (χ2v) is 8.52. The van der Waals surface area contributed by atoms with Crippen molar-refractivity contribution in [1.82, 2.24) is 0 Å². The Bertz CT molecular complexity index is 512. The second-order valence-electron chi connectivity index (χ2n) is 8.52. The lowest BCUT2D eigenvalue weighted by molar-refractivity contribution is -0.139. The molecule has 0 spiro atoms. The predicted molar refractivity (Wildman–Crippen MR) is 104 cm³/mol. The molecule has 0 saturated heterocycles. The number of unbranched alkanes of at least 4 members (excludes halogenated alkanes) is 2. The molecule has 148 valence electrons. The maximum atomic E-state index is 12.2. The van der Waals surface area contributed by atoms with E-state index in [-0.39, 0.29) is 17.8 Å². The van der Waals surface area contributed by atoms with Gasteiger partial charge in [-0.3, -0.25) is 9.59 Å². The van der Waals surface area contributed by atoms with E-state index in [0.29, 0.717) is 24.5 Å². The lowest BCUT2D eigenvalue weighted by Crippen LogP contribution is -2.18. The van der Waals surface area contributed by atoms with Crippen LogP contribution in [0.5, 0.6) is 0 Å². The molecule has 1 saturated carbocycles. The van der Waals surface area contributed by atoms with Crippen LogP contribution in [0, 0.1) is 29.1 Å². The molecule has 0 heterocycles. The lowest BCUT2D eigenvalue weighted by Gasteiger charge is -2.23. The summed E-state index contributed by atoms with van der Waals surface area (Å²) in [6.45, 7) is 6.05. The smallest absolute Gasteiger partial charge is 0.303 e. The number of hydrogen-bond donors (Lipinski definition) is 2. The summed E-state index contributed by atoms with van der Waals surface area (Å²) >= 11 is 0. The molecule has 2 N–H and O–H groups in total. The molecule has 3 atom stereocenters. The van der Waals surface area contributed by atoms with E-state index in [2.05, 4.69) is 18.8 Å². The highest BCUT2D eigenvalue weighted by Crippen LogP contribution is 2.37. The number of Topliss-reactive ketones (excluding diaryl/α,β-unsaturated/α-hetero) is 1. The average Bonchev–Trinajstić information content (AvgIpc) is 2.89. The summed E-state index contributed by atoms with van der Waals surface area (Å²) in [4.78, 5) is 23.1. The molecular formula is C22H36O4. The zero-order valence-corrected chi connectivity index (χ0v) is 16.7. The van der Waals surface area contributed by atoms with Gasteiger partial charge in [-0.1, -0.05) is 39.5 Å². The van der Waals surface area contributed by atoms with Gasteiger partial charge in [0.05, 0.1) is 6.42 Å². The monoisotopic (exact) mass is 364 g/mol. The van der Waals surface area contributed by atoms with Gasteiger partial charge in [0.15, 0.2) is 0 Å². The van der Waals surface area contributed by atoms with Gasteiger partial charge in [0.1, 0.15) is 11.9 Å². The molecule has 1 rings (SSSR count). The Labute approximate surface area is 158 Å². The maximum Gasteiger partial charge on any atom is 0.303 e. The molecule has 0 bridgehead atoms. The molecule has 0 aromatic rings. The van der Waals surface area contributed by atoms with Gasteiger partial charge in [-0.05, 0) is 49.9 Å². The van der Waals surface area contributed by atoms with E-state index in [0.717, 1.165) is 51.4 Å². The minimum Gasteiger partial charge on any atom is -0.481 e. The minimum atomic E-state index is -0.748. The first-order chi connectivity index (χ1) is 12.2. The number of aliphatic carboxylic acids is 1. The first kappa shape index (κ1) is 22.7. The van der Waals surface area contributed by atoms with Crippen LogP contribution in [0.2, 0.25) is 0 Å². The third kappa shape index (κ3) is 8.85. The van der Waals surface area contributed by atoms with Crippen LogP contribution >= 0.6 is 0 Å². The molecular weight excluding hydrogens is 328 g/mol. The standard InChI is InChI=1S/C22H36O4/c1-4-5-6-9-18(23)13-11-17-12-14-20(24)19(17)10-7-8-15-22(2,3)16-21(25)26/h17-19,23H,4-5,7-8,10-16H2,1-3H3,(H,25,26)/t17-,18?,19+/m0/s1. The molecule has 4 heteroatoms. The van der Waals surface area contributed by atoms with Crippen molar-refractivity contribution in [1.29, 1.82) is 0 Å². The first-order valence-electron chi connectivity index (χ1n) is 10.2. The minimum absolute atomic E-state index is 0.119. The van der Waals surface area contributed by atoms with Crippen LogP contribution in [0.4, 0.5) is 0 Å². The highest BCUT2D eigenvalue weighted by molar-refractivity contribution is 5.83. The molecule has 0 aromatic heterocycles. The number of carboxylic acid groups (broad SMARTS) is 1. The largest absolute Gasteiger partial charge is 0.481 e. The quantitative estimate of drug-likeness (QED) is 0.415. The third-order valence-corrected chi connectivity index (χ3v) is 5.45. The number of carbonyl (C=O) groups excluding carboxylic acids is 1. The Morgan fingerprint density at radius 1 is 1.31 bits per heavy atom. The van der Waals surface area contributed by atoms with Gasteiger partial charge >= 0.3 is 5.97 Å². The summed E-state index contributed by atoms with van der Waals surface area (Å²) in [5, 5.41) is 18.9. The second kappa shape index (κ2) is 11.4. The SMILES string of the molecule is CCCC#CC(O)CC[C@H]1CCC(=O)[C@@H]1CCCCC(C)(C)CC(=O)O. The van der Waals surface area contributed by atoms with Crippen molar-refractivity contribution in [3.63, 3.8) is 0 Å². The van der Waals surface area contributed by atoms with Crippen molar-refractivity contribution < 1.29 is 19.8 Å². The van der Waals surface area contributed by atoms with Crippen LogP contribution in [0.15, 0.2) is 0 Å². The summed E-state index contributed by atoms with van der Waals surface area (Å²) in [6, 6.07) is 0. The van der Waals surface area contributed by atoms with Crippen LogP contribution in [0.25, 0.3) is 0 Å². The van der Waals surface area contributed by atoms with E-state index in [1.165, 1.54) is 0 Å². The van der Waals surface area contributed by atoms with Crippen LogP contribution in [0.3, 0.4) is 0 Å². The van der Waals surface area contributed by atoms with Crippen molar-refractivity contribution in [3.05, 3.63) is 0 Å². The fraction of sp³-hybridized carbons (Fsp3) is 0.818. The number of hydrogen-bond acceptors (Lipinski definition) is 3. The summed E-state index contributed by atoms with van der Waals surface area (Å²) < 4.78 is 0. The van der Waals surface area contributed by atoms with Crippen LogP contribution < -0.4 is 0 Å². The van der Waals surface area contributed by atoms with E-state index in [9.17, 15) is 14.7 Å². The molecule has 0 aromatic carbocycles. The Kier molecular flexibility index (Phi) is 9.94. The number of carboxylic acids is 1. The van der Waals surface area contributed by atoms with E-state index < -0.39 is 12.1 Å². The van der Waals surface area contributed by atoms with Crippen molar-refractivity contribution in [2.24, 2.45) is 17.3 Å². The molecule has 0 aliphatic heterocycles. The highest BCUT2D eigenvalue weighted by atomic mass is 16.4. The Morgan fingerprint density at radius 2 is 2.04 bits per heavy atom. The summed E-state index contributed by atoms with van der Waals surface area (Å²) in [5.74, 6) is 5.99. The normalized spacial score (nSPS) is 21.3. The molecule has 1 fully saturated rings. The van der Waals surface area contributed by atoms with Crippen LogP contribution in [-0.2, 0) is 9.59 Å². The average molecular weight is 365 g/mol. The van der Waals surface area contributed by atoms with Gasteiger partial charge < -0.3 is 10.2 Å². The molecule has 1 unspecified atom stereocenters. The van der Waals surface area contributed by atoms with Crippen molar-refractivity contribution in [3.8, 4) is 11.8 Å². The maximum absolute atomic E-state index is 12.2. The van der Waals surface area contributed by atoms with Gasteiger partial charge in [-0.2, -0.15) is 0 Å². The Morgan fingerprint density at radius 3 is 2.69 bits per heavy atom. The number of aliphatic hydroxyl groups is 1. The van der Waals surface area contributed by atoms with Gasteiger partial charge in [-0.25, -0.2) is 0 Å². The van der Waals surface area contributed by atoms with Crippen molar-refractivity contribution >= 4 is 11.8 Å². The zero-order chi connectivity index (χ0) is 19.6. The van der Waals surface area contributed by atoms with Crippen molar-refractivity contribution in [2.75, 3.05) is 0 Å². The van der Waals surface area contributed by atoms with Gasteiger partial charge in [0.25, 0.3) is 0 Å². The number of aliphatic hydroxyl groups excluding tert-OH is 1. The number of carbonyl (C=O) groups is 2. The van der Waals surface area contributed by atoms with E-state index in [1.54, 1.807) is 0 Å². The number of ketones is 1. The first-order valence-corrected chi connectivity index (χ1v) is 10.2. The van der Waals surface area contributed by atoms with Gasteiger partial charge in [-0.15, -0.1) is 5.92 Å². The molecule has 26 heavy (non-hydrogen) atoms. The van der Waals surface area contributed by atoms with Crippen LogP contribution in [-0.4, -0.2) is 28.1 Å². The summed E-state index contributed by atoms with van der Waals surface area (Å²) in [7, 11) is 0. The summed E-state index contributed by atoms with van der Waals surface area (Å²) in [5.41, 5.74) is -0.188. The van der Waals surface area contributed by atoms with E-state index >= 15 is 0 Å². The highest BCUT2D eigenvalue weighted by Gasteiger charge is 2.34. The molecule has 1 aliphatic carbocycles. The van der Waals surface area contributed by atoms with Gasteiger partial charge in [0, 0.05) is 18.8 Å². The summed E-state index contributed by atoms with van der Waals surface area (Å²) in [6.07, 6.45) is 8.24. The molecule has 1 aliphatic rings. The number of rotatable bonds is 11. The topological polar surface area (TPSA) is 74.6 Å². The van der Waals surface area contributed by atoms with E-state index in [4.69, 9.17) is 5.11 Å². The third-order valence-electron chi connectivity index (χ3n) is 5.45. The Balaban J connectivity index is 2.36. The van der Waals surface area contributed by atoms with Crippen LogP contribution in [0.1, 0.15) is 91.4 Å². The fourth-order valence-electron chi connectivity index (χ4n) is 3.94. The van der Waals surface area contributed by atoms with Gasteiger partial charge in [0.2, 0.25) is 0 Å².